The van der Waals surface area contributed by atoms with Crippen molar-refractivity contribution in [3.8, 4) is 11.3 Å². The van der Waals surface area contributed by atoms with Gasteiger partial charge in [-0.3, -0.25) is 0 Å². The normalized spacial score (nSPS) is 11.1. The molecule has 1 heterocycles. The number of imidazole rings is 1. The van der Waals surface area contributed by atoms with Gasteiger partial charge in [0.25, 0.3) is 0 Å². The Balaban J connectivity index is 2.54. The molecule has 0 aliphatic heterocycles. The van der Waals surface area contributed by atoms with Gasteiger partial charge in [0, 0.05) is 17.6 Å². The third-order valence-corrected chi connectivity index (χ3v) is 2.88. The lowest BCUT2D eigenvalue weighted by Gasteiger charge is -2.08. The molecule has 84 valence electrons. The molecular formula is C13H15ClN2. The molecule has 0 saturated heterocycles. The van der Waals surface area contributed by atoms with E-state index >= 15 is 0 Å². The maximum atomic E-state index is 5.89. The molecule has 0 bridgehead atoms. The summed E-state index contributed by atoms with van der Waals surface area (Å²) in [6.07, 6.45) is 1.86. The van der Waals surface area contributed by atoms with E-state index in [4.69, 9.17) is 11.6 Å². The molecule has 3 heteroatoms. The van der Waals surface area contributed by atoms with Crippen LogP contribution in [0.4, 0.5) is 0 Å². The quantitative estimate of drug-likeness (QED) is 0.772. The van der Waals surface area contributed by atoms with Gasteiger partial charge in [0.15, 0.2) is 0 Å². The lowest BCUT2D eigenvalue weighted by atomic mass is 10.0. The molecule has 16 heavy (non-hydrogen) atoms. The molecule has 0 atom stereocenters. The number of rotatable bonds is 2. The highest BCUT2D eigenvalue weighted by Gasteiger charge is 2.13. The predicted molar refractivity (Wildman–Crippen MR) is 67.7 cm³/mol. The maximum absolute atomic E-state index is 5.89. The van der Waals surface area contributed by atoms with Crippen molar-refractivity contribution in [2.45, 2.75) is 19.8 Å². The molecular weight excluding hydrogens is 220 g/mol. The topological polar surface area (TPSA) is 17.8 Å². The summed E-state index contributed by atoms with van der Waals surface area (Å²) in [5, 5.41) is 0.761. The van der Waals surface area contributed by atoms with Crippen LogP contribution < -0.4 is 0 Å². The van der Waals surface area contributed by atoms with Gasteiger partial charge in [-0.25, -0.2) is 4.98 Å². The number of nitrogens with zero attached hydrogens (tertiary/aromatic N) is 2. The highest BCUT2D eigenvalue weighted by atomic mass is 35.5. The van der Waals surface area contributed by atoms with Gasteiger partial charge >= 0.3 is 0 Å². The molecule has 0 fully saturated rings. The Morgan fingerprint density at radius 2 is 1.81 bits per heavy atom. The molecule has 0 unspecified atom stereocenters. The average molecular weight is 235 g/mol. The molecule has 2 rings (SSSR count). The van der Waals surface area contributed by atoms with Gasteiger partial charge in [-0.05, 0) is 18.1 Å². The van der Waals surface area contributed by atoms with Gasteiger partial charge in [0.05, 0.1) is 17.7 Å². The highest BCUT2D eigenvalue weighted by molar-refractivity contribution is 6.30. The molecule has 2 aromatic rings. The second kappa shape index (κ2) is 4.30. The third-order valence-electron chi connectivity index (χ3n) is 2.63. The van der Waals surface area contributed by atoms with Crippen LogP contribution in [-0.2, 0) is 7.05 Å². The number of hydrogen-bond donors (Lipinski definition) is 0. The molecule has 0 amide bonds. The summed E-state index contributed by atoms with van der Waals surface area (Å²) >= 11 is 5.89. The Morgan fingerprint density at radius 3 is 2.38 bits per heavy atom. The van der Waals surface area contributed by atoms with Crippen molar-refractivity contribution in [2.75, 3.05) is 0 Å². The summed E-state index contributed by atoms with van der Waals surface area (Å²) in [5.41, 5.74) is 3.46. The van der Waals surface area contributed by atoms with Crippen molar-refractivity contribution >= 4 is 11.6 Å². The van der Waals surface area contributed by atoms with Crippen LogP contribution in [0.1, 0.15) is 25.5 Å². The number of hydrogen-bond acceptors (Lipinski definition) is 1. The van der Waals surface area contributed by atoms with E-state index in [1.165, 1.54) is 5.69 Å². The minimum absolute atomic E-state index is 0.423. The Hall–Kier alpha value is -1.28. The second-order valence-electron chi connectivity index (χ2n) is 4.25. The Kier molecular flexibility index (Phi) is 3.01. The lowest BCUT2D eigenvalue weighted by molar-refractivity contribution is 0.833. The van der Waals surface area contributed by atoms with Crippen LogP contribution in [-0.4, -0.2) is 9.55 Å². The Morgan fingerprint density at radius 1 is 1.19 bits per heavy atom. The van der Waals surface area contributed by atoms with E-state index < -0.39 is 0 Å². The zero-order valence-corrected chi connectivity index (χ0v) is 10.5. The number of aromatic nitrogens is 2. The third kappa shape index (κ3) is 1.98. The van der Waals surface area contributed by atoms with Crippen LogP contribution in [0.2, 0.25) is 5.02 Å². The van der Waals surface area contributed by atoms with Crippen molar-refractivity contribution in [3.05, 3.63) is 41.3 Å². The van der Waals surface area contributed by atoms with E-state index in [-0.39, 0.29) is 0 Å². The van der Waals surface area contributed by atoms with Crippen LogP contribution >= 0.6 is 11.6 Å². The second-order valence-corrected chi connectivity index (χ2v) is 4.69. The summed E-state index contributed by atoms with van der Waals surface area (Å²) in [7, 11) is 2.02. The minimum atomic E-state index is 0.423. The standard InChI is InChI=1S/C13H15ClN2/c1-9(2)12-13(16(3)8-15-12)10-4-6-11(14)7-5-10/h4-9H,1-3H3. The zero-order chi connectivity index (χ0) is 11.7. The van der Waals surface area contributed by atoms with Crippen LogP contribution in [0.15, 0.2) is 30.6 Å². The molecule has 1 aromatic carbocycles. The van der Waals surface area contributed by atoms with Crippen molar-refractivity contribution in [2.24, 2.45) is 7.05 Å². The first-order chi connectivity index (χ1) is 7.59. The van der Waals surface area contributed by atoms with E-state index in [0.717, 1.165) is 16.3 Å². The lowest BCUT2D eigenvalue weighted by Crippen LogP contribution is -1.95. The van der Waals surface area contributed by atoms with E-state index in [2.05, 4.69) is 23.4 Å². The fraction of sp³-hybridized carbons (Fsp3) is 0.308. The Labute approximate surface area is 101 Å². The molecule has 0 aliphatic carbocycles. The monoisotopic (exact) mass is 234 g/mol. The first-order valence-corrected chi connectivity index (χ1v) is 5.74. The first kappa shape index (κ1) is 11.2. The van der Waals surface area contributed by atoms with Gasteiger partial charge < -0.3 is 4.57 Å². The van der Waals surface area contributed by atoms with E-state index in [1.807, 2.05) is 37.6 Å². The largest absolute Gasteiger partial charge is 0.334 e. The predicted octanol–water partition coefficient (Wildman–Crippen LogP) is 3.86. The zero-order valence-electron chi connectivity index (χ0n) is 9.74. The van der Waals surface area contributed by atoms with Crippen LogP contribution in [0.5, 0.6) is 0 Å². The van der Waals surface area contributed by atoms with E-state index in [1.54, 1.807) is 0 Å². The van der Waals surface area contributed by atoms with Gasteiger partial charge in [-0.1, -0.05) is 37.6 Å². The fourth-order valence-electron chi connectivity index (χ4n) is 1.83. The molecule has 1 aromatic heterocycles. The molecule has 0 saturated carbocycles. The summed E-state index contributed by atoms with van der Waals surface area (Å²) in [5.74, 6) is 0.423. The fourth-order valence-corrected chi connectivity index (χ4v) is 1.96. The van der Waals surface area contributed by atoms with Crippen molar-refractivity contribution in [1.29, 1.82) is 0 Å². The Bertz CT molecular complexity index is 483. The van der Waals surface area contributed by atoms with Gasteiger partial charge in [-0.15, -0.1) is 0 Å². The van der Waals surface area contributed by atoms with E-state index in [9.17, 15) is 0 Å². The smallest absolute Gasteiger partial charge is 0.0951 e. The SMILES string of the molecule is CC(C)c1ncn(C)c1-c1ccc(Cl)cc1. The minimum Gasteiger partial charge on any atom is -0.334 e. The first-order valence-electron chi connectivity index (χ1n) is 5.36. The van der Waals surface area contributed by atoms with Crippen molar-refractivity contribution in [3.63, 3.8) is 0 Å². The van der Waals surface area contributed by atoms with Gasteiger partial charge in [0.2, 0.25) is 0 Å². The van der Waals surface area contributed by atoms with Crippen LogP contribution in [0, 0.1) is 0 Å². The molecule has 2 nitrogen and oxygen atoms in total. The number of aryl methyl sites for hydroxylation is 1. The highest BCUT2D eigenvalue weighted by Crippen LogP contribution is 2.28. The van der Waals surface area contributed by atoms with E-state index in [0.29, 0.717) is 5.92 Å². The summed E-state index contributed by atoms with van der Waals surface area (Å²) < 4.78 is 2.05. The average Bonchev–Trinajstić information content (AvgIpc) is 2.62. The number of halogens is 1. The molecule has 0 aliphatic rings. The summed E-state index contributed by atoms with van der Waals surface area (Å²) in [6.45, 7) is 4.31. The van der Waals surface area contributed by atoms with Crippen LogP contribution in [0.25, 0.3) is 11.3 Å². The number of benzene rings is 1. The van der Waals surface area contributed by atoms with Crippen LogP contribution in [0.3, 0.4) is 0 Å². The van der Waals surface area contributed by atoms with Crippen molar-refractivity contribution in [1.82, 2.24) is 9.55 Å². The molecule has 0 N–H and O–H groups in total. The van der Waals surface area contributed by atoms with Gasteiger partial charge in [0.1, 0.15) is 0 Å². The summed E-state index contributed by atoms with van der Waals surface area (Å²) in [4.78, 5) is 4.44. The van der Waals surface area contributed by atoms with Gasteiger partial charge in [-0.2, -0.15) is 0 Å². The molecule has 0 spiro atoms. The molecule has 0 radical (unpaired) electrons. The van der Waals surface area contributed by atoms with Crippen molar-refractivity contribution < 1.29 is 0 Å². The summed E-state index contributed by atoms with van der Waals surface area (Å²) in [6, 6.07) is 7.89. The maximum Gasteiger partial charge on any atom is 0.0951 e.